The number of nitrogens with zero attached hydrogens (tertiary/aromatic N) is 1. The molecule has 3 atom stereocenters. The number of carbonyl (C=O) groups is 3. The molecule has 0 radical (unpaired) electrons. The average Bonchev–Trinajstić information content (AvgIpc) is 2.74. The van der Waals surface area contributed by atoms with E-state index in [0.29, 0.717) is 6.29 Å². The Morgan fingerprint density at radius 2 is 1.81 bits per heavy atom. The van der Waals surface area contributed by atoms with Crippen LogP contribution in [-0.4, -0.2) is 81.8 Å². The van der Waals surface area contributed by atoms with Gasteiger partial charge in [0.15, 0.2) is 0 Å². The molecule has 1 amide bonds. The molecule has 0 spiro atoms. The van der Waals surface area contributed by atoms with Crippen molar-refractivity contribution in [1.82, 2.24) is 4.90 Å². The van der Waals surface area contributed by atoms with Crippen molar-refractivity contribution in [2.24, 2.45) is 5.92 Å². The second kappa shape index (κ2) is 11.4. The fourth-order valence-electron chi connectivity index (χ4n) is 3.44. The van der Waals surface area contributed by atoms with Crippen LogP contribution in [0, 0.1) is 5.92 Å². The van der Waals surface area contributed by atoms with Gasteiger partial charge >= 0.3 is 188 Å². The van der Waals surface area contributed by atoms with Gasteiger partial charge in [0, 0.05) is 0 Å². The van der Waals surface area contributed by atoms with Gasteiger partial charge in [-0.2, -0.15) is 0 Å². The molecule has 0 bridgehead atoms. The number of amides is 1. The van der Waals surface area contributed by atoms with Gasteiger partial charge in [-0.05, 0) is 0 Å². The monoisotopic (exact) mass is 521 g/mol. The number of benzene rings is 1. The molecule has 1 aliphatic heterocycles. The normalized spacial score (nSPS) is 22.0. The summed E-state index contributed by atoms with van der Waals surface area (Å²) in [4.78, 5) is 39.2. The van der Waals surface area contributed by atoms with Crippen LogP contribution in [0.3, 0.4) is 0 Å². The fourth-order valence-corrected chi connectivity index (χ4v) is 8.58. The summed E-state index contributed by atoms with van der Waals surface area (Å²) < 4.78 is 34.0. The van der Waals surface area contributed by atoms with E-state index in [1.54, 1.807) is 20.8 Å². The van der Waals surface area contributed by atoms with E-state index in [2.05, 4.69) is 0 Å². The molecule has 2 rings (SSSR count). The quantitative estimate of drug-likeness (QED) is 0.0953. The molecule has 1 aliphatic rings. The molecule has 0 N–H and O–H groups in total. The second-order valence-electron chi connectivity index (χ2n) is 6.50. The van der Waals surface area contributed by atoms with E-state index >= 15 is 0 Å². The summed E-state index contributed by atoms with van der Waals surface area (Å²) >= 11 is -0.634. The van der Waals surface area contributed by atoms with Crippen molar-refractivity contribution < 1.29 is 37.5 Å². The van der Waals surface area contributed by atoms with Crippen molar-refractivity contribution in [1.29, 1.82) is 0 Å². The summed E-state index contributed by atoms with van der Waals surface area (Å²) in [6.07, 6.45) is -1.00. The number of hydrogen-bond acceptors (Lipinski definition) is 8. The second-order valence-corrected chi connectivity index (χ2v) is 11.3. The van der Waals surface area contributed by atoms with Gasteiger partial charge in [0.2, 0.25) is 0 Å². The minimum absolute atomic E-state index is 0.0690. The molecule has 0 aromatic heterocycles. The molecule has 0 aliphatic carbocycles. The van der Waals surface area contributed by atoms with Gasteiger partial charge in [-0.15, -0.1) is 0 Å². The van der Waals surface area contributed by atoms with Crippen LogP contribution in [0.2, 0.25) is 0 Å². The number of hydrogen-bond donors (Lipinski definition) is 0. The minimum atomic E-state index is -3.70. The van der Waals surface area contributed by atoms with E-state index in [1.807, 2.05) is 30.3 Å². The third-order valence-electron chi connectivity index (χ3n) is 4.64. The van der Waals surface area contributed by atoms with Gasteiger partial charge in [0.05, 0.1) is 0 Å². The van der Waals surface area contributed by atoms with Crippen molar-refractivity contribution in [3.8, 4) is 0 Å². The Balaban J connectivity index is 2.58. The first kappa shape index (κ1) is 25.7. The average molecular weight is 520 g/mol. The van der Waals surface area contributed by atoms with Crippen molar-refractivity contribution in [2.75, 3.05) is 33.2 Å². The zero-order chi connectivity index (χ0) is 23.1. The number of rotatable bonds is 13. The molecule has 3 unspecified atom stereocenters. The van der Waals surface area contributed by atoms with Crippen molar-refractivity contribution in [2.45, 2.75) is 31.3 Å². The zero-order valence-corrected chi connectivity index (χ0v) is 20.6. The van der Waals surface area contributed by atoms with Crippen LogP contribution in [0.4, 0.5) is 0 Å². The first-order valence-electron chi connectivity index (χ1n) is 9.91. The van der Waals surface area contributed by atoms with Gasteiger partial charge in [0.1, 0.15) is 0 Å². The van der Waals surface area contributed by atoms with Crippen molar-refractivity contribution in [3.63, 3.8) is 0 Å². The van der Waals surface area contributed by atoms with Gasteiger partial charge in [0.25, 0.3) is 0 Å². The standard InChI is InChI=1S/C20H28NO8PSe/c1-5-27-19(24)16(13-22)20(31-15-11-9-8-10-12-15)17(26-4)18(23)21(20)14-30(25,28-6-2)29-7-3/h8-13,16-17H,5-7,14H2,1-4H3. The Labute approximate surface area is 188 Å². The van der Waals surface area contributed by atoms with E-state index in [4.69, 9.17) is 18.5 Å². The van der Waals surface area contributed by atoms with Gasteiger partial charge in [-0.25, -0.2) is 0 Å². The summed E-state index contributed by atoms with van der Waals surface area (Å²) in [6.45, 7) is 5.24. The summed E-state index contributed by atoms with van der Waals surface area (Å²) in [7, 11) is -2.36. The first-order valence-corrected chi connectivity index (χ1v) is 13.4. The van der Waals surface area contributed by atoms with E-state index in [0.717, 1.165) is 4.46 Å². The SMILES string of the molecule is CCOC(=O)C(C=O)C1([Se]c2ccccc2)C(OC)C(=O)N1CP(=O)(OCC)OCC. The molecule has 1 heterocycles. The number of β-lactam (4-membered cyclic amide) rings is 1. The number of ether oxygens (including phenoxy) is 2. The first-order chi connectivity index (χ1) is 14.8. The van der Waals surface area contributed by atoms with Gasteiger partial charge in [-0.1, -0.05) is 0 Å². The van der Waals surface area contributed by atoms with Crippen LogP contribution in [0.5, 0.6) is 0 Å². The van der Waals surface area contributed by atoms with Crippen LogP contribution in [0.1, 0.15) is 20.8 Å². The molecule has 1 aromatic rings. The van der Waals surface area contributed by atoms with E-state index in [9.17, 15) is 18.9 Å². The number of esters is 1. The molecule has 1 saturated heterocycles. The predicted octanol–water partition coefficient (Wildman–Crippen LogP) is 1.17. The Hall–Kier alpha value is -1.54. The van der Waals surface area contributed by atoms with Crippen molar-refractivity contribution >= 4 is 45.2 Å². The molecule has 31 heavy (non-hydrogen) atoms. The molecule has 9 nitrogen and oxygen atoms in total. The van der Waals surface area contributed by atoms with E-state index in [-0.39, 0.29) is 19.8 Å². The zero-order valence-electron chi connectivity index (χ0n) is 18.0. The van der Waals surface area contributed by atoms with Crippen molar-refractivity contribution in [3.05, 3.63) is 30.3 Å². The Morgan fingerprint density at radius 3 is 2.29 bits per heavy atom. The molecule has 0 saturated carbocycles. The number of carbonyl (C=O) groups excluding carboxylic acids is 3. The molecule has 1 fully saturated rings. The predicted molar refractivity (Wildman–Crippen MR) is 114 cm³/mol. The summed E-state index contributed by atoms with van der Waals surface area (Å²) in [5.74, 6) is -2.58. The molecular weight excluding hydrogens is 492 g/mol. The summed E-state index contributed by atoms with van der Waals surface area (Å²) in [6, 6.07) is 9.16. The number of methoxy groups -OCH3 is 1. The molecule has 11 heteroatoms. The van der Waals surface area contributed by atoms with Gasteiger partial charge < -0.3 is 0 Å². The van der Waals surface area contributed by atoms with Gasteiger partial charge in [-0.3, -0.25) is 0 Å². The maximum absolute atomic E-state index is 13.2. The Bertz CT molecular complexity index is 813. The maximum atomic E-state index is 13.2. The van der Waals surface area contributed by atoms with E-state index in [1.165, 1.54) is 12.0 Å². The van der Waals surface area contributed by atoms with Crippen LogP contribution in [0.15, 0.2) is 30.3 Å². The van der Waals surface area contributed by atoms with Crippen LogP contribution in [-0.2, 0) is 37.5 Å². The topological polar surface area (TPSA) is 108 Å². The number of likely N-dealkylation sites (tertiary alicyclic amines) is 1. The molecule has 1 aromatic carbocycles. The molecular formula is C20H28NO8PSe. The molecule has 172 valence electrons. The van der Waals surface area contributed by atoms with Crippen LogP contribution >= 0.6 is 7.60 Å². The summed E-state index contributed by atoms with van der Waals surface area (Å²) in [5, 5.41) is 0. The third kappa shape index (κ3) is 5.27. The Morgan fingerprint density at radius 1 is 1.19 bits per heavy atom. The number of aldehydes is 1. The summed E-state index contributed by atoms with van der Waals surface area (Å²) in [5.41, 5.74) is 0. The fraction of sp³-hybridized carbons (Fsp3) is 0.550. The van der Waals surface area contributed by atoms with E-state index < -0.39 is 57.2 Å². The Kier molecular flexibility index (Phi) is 9.43. The van der Waals surface area contributed by atoms with Crippen LogP contribution < -0.4 is 4.46 Å². The third-order valence-corrected chi connectivity index (χ3v) is 9.76. The van der Waals surface area contributed by atoms with Crippen LogP contribution in [0.25, 0.3) is 0 Å².